The van der Waals surface area contributed by atoms with Gasteiger partial charge in [0.25, 0.3) is 5.91 Å². The predicted octanol–water partition coefficient (Wildman–Crippen LogP) is 3.27. The summed E-state index contributed by atoms with van der Waals surface area (Å²) in [6.07, 6.45) is -4.06. The van der Waals surface area contributed by atoms with E-state index in [4.69, 9.17) is 14.2 Å². The standard InChI is InChI=1S/C58H91N7O14/c1-16-35(9)47-45(66)30-46(67)79-50(33(6)7)49(68)36(10)51(69)59-40(27-31(2)3)55(73)65-26-18-20-42(65)57(75)63(14)44(29-39-23-21-34(8)22-24-39)58(76)78-37(11)48(53(71)60-47)61-52(70)43(28-32(4)5)62(13)56(74)41-19-17-25-64(41)54(72)38(12)77-15/h21-24,31-33,35-38,40-45,47-48,50,66H,16-20,25-30H2,1-15H3,(H,59,69)(H,60,71)(H,61,70)/t35-,36-,37+,38-,40?,41?,42-,43+,44-,45-,47+,48-,50-/m1/s1. The van der Waals surface area contributed by atoms with Crippen molar-refractivity contribution in [3.05, 3.63) is 35.4 Å². The number of carbonyl (C=O) groups excluding carboxylic acids is 10. The van der Waals surface area contributed by atoms with Crippen LogP contribution in [0.2, 0.25) is 0 Å². The number of aliphatic hydroxyl groups is 1. The van der Waals surface area contributed by atoms with E-state index < -0.39 is 144 Å². The Morgan fingerprint density at radius 2 is 1.49 bits per heavy atom. The Balaban J connectivity index is 1.88. The molecule has 0 spiro atoms. The smallest absolute Gasteiger partial charge is 0.329 e. The van der Waals surface area contributed by atoms with Gasteiger partial charge < -0.3 is 54.9 Å². The number of likely N-dealkylation sites (tertiary alicyclic amines) is 1. The van der Waals surface area contributed by atoms with E-state index in [0.29, 0.717) is 37.8 Å². The molecule has 4 rings (SSSR count). The summed E-state index contributed by atoms with van der Waals surface area (Å²) in [6, 6.07) is -1.36. The first-order valence-corrected chi connectivity index (χ1v) is 28.3. The molecule has 0 bridgehead atoms. The summed E-state index contributed by atoms with van der Waals surface area (Å²) in [6.45, 7) is 20.9. The number of cyclic esters (lactones) is 2. The number of rotatable bonds is 15. The largest absolute Gasteiger partial charge is 0.458 e. The number of nitrogens with one attached hydrogen (secondary N) is 3. The molecule has 0 aromatic heterocycles. The van der Waals surface area contributed by atoms with Crippen LogP contribution in [-0.2, 0) is 68.6 Å². The number of Topliss-reactive ketones (excluding diaryl/α,β-unsaturated/α-hetero) is 1. The maximum atomic E-state index is 15.0. The number of carbonyl (C=O) groups is 10. The van der Waals surface area contributed by atoms with Gasteiger partial charge in [-0.3, -0.25) is 43.2 Å². The second-order valence-corrected chi connectivity index (χ2v) is 23.3. The third-order valence-corrected chi connectivity index (χ3v) is 15.8. The second kappa shape index (κ2) is 29.5. The maximum absolute atomic E-state index is 15.0. The number of benzene rings is 1. The number of methoxy groups -OCH3 is 1. The Morgan fingerprint density at radius 1 is 0.861 bits per heavy atom. The van der Waals surface area contributed by atoms with Gasteiger partial charge in [0.05, 0.1) is 24.5 Å². The summed E-state index contributed by atoms with van der Waals surface area (Å²) in [4.78, 5) is 149. The van der Waals surface area contributed by atoms with Gasteiger partial charge in [-0.25, -0.2) is 4.79 Å². The molecule has 442 valence electrons. The van der Waals surface area contributed by atoms with Gasteiger partial charge in [0, 0.05) is 40.7 Å². The van der Waals surface area contributed by atoms with Crippen molar-refractivity contribution < 1.29 is 67.3 Å². The molecule has 13 atom stereocenters. The zero-order valence-corrected chi connectivity index (χ0v) is 49.4. The zero-order valence-electron chi connectivity index (χ0n) is 49.4. The van der Waals surface area contributed by atoms with Crippen molar-refractivity contribution in [2.24, 2.45) is 29.6 Å². The molecule has 21 heteroatoms. The Kier molecular flexibility index (Phi) is 24.5. The Bertz CT molecular complexity index is 2330. The Hall–Kier alpha value is -5.96. The van der Waals surface area contributed by atoms with Crippen molar-refractivity contribution in [3.63, 3.8) is 0 Å². The highest BCUT2D eigenvalue weighted by Gasteiger charge is 2.46. The fourth-order valence-corrected chi connectivity index (χ4v) is 10.6. The van der Waals surface area contributed by atoms with Crippen molar-refractivity contribution in [1.82, 2.24) is 35.6 Å². The van der Waals surface area contributed by atoms with E-state index in [1.807, 2.05) is 46.8 Å². The maximum Gasteiger partial charge on any atom is 0.329 e. The number of ether oxygens (including phenoxy) is 3. The quantitative estimate of drug-likeness (QED) is 0.145. The molecule has 1 aromatic carbocycles. The molecule has 4 N–H and O–H groups in total. The first kappa shape index (κ1) is 65.6. The third-order valence-electron chi connectivity index (χ3n) is 15.8. The molecule has 0 radical (unpaired) electrons. The van der Waals surface area contributed by atoms with Crippen LogP contribution in [0.3, 0.4) is 0 Å². The van der Waals surface area contributed by atoms with Gasteiger partial charge in [-0.2, -0.15) is 0 Å². The fraction of sp³-hybridized carbons (Fsp3) is 0.724. The van der Waals surface area contributed by atoms with Gasteiger partial charge in [0.15, 0.2) is 11.9 Å². The van der Waals surface area contributed by atoms with E-state index in [2.05, 4.69) is 16.0 Å². The minimum absolute atomic E-state index is 0.0706. The lowest BCUT2D eigenvalue weighted by Gasteiger charge is -2.36. The lowest BCUT2D eigenvalue weighted by atomic mass is 9.91. The molecule has 7 amide bonds. The highest BCUT2D eigenvalue weighted by atomic mass is 16.6. The molecule has 3 heterocycles. The SMILES string of the molecule is CC[C@@H](C)[C@@H]1NC(=O)[C@H](NC(=O)[C@H](CC(C)C)N(C)C(=O)C2CCCN2C(=O)[C@@H](C)OC)[C@H](C)OC(=O)[C@@H](Cc2ccc(C)cc2)N(C)C(=O)[C@H]2CCCN2C(=O)C(CC(C)C)NC(=O)[C@H](C)C(=O)[C@@H](C(C)C)OC(=O)C[C@H]1O. The average Bonchev–Trinajstić information content (AvgIpc) is 4.11. The molecule has 3 fully saturated rings. The normalized spacial score (nSPS) is 27.7. The monoisotopic (exact) mass is 1110 g/mol. The predicted molar refractivity (Wildman–Crippen MR) is 293 cm³/mol. The number of nitrogens with zero attached hydrogens (tertiary/aromatic N) is 4. The molecule has 2 unspecified atom stereocenters. The molecule has 3 aliphatic rings. The van der Waals surface area contributed by atoms with Gasteiger partial charge in [-0.15, -0.1) is 0 Å². The van der Waals surface area contributed by atoms with Crippen LogP contribution < -0.4 is 16.0 Å². The minimum Gasteiger partial charge on any atom is -0.458 e. The Morgan fingerprint density at radius 3 is 2.08 bits per heavy atom. The molecule has 3 aliphatic heterocycles. The van der Waals surface area contributed by atoms with Crippen molar-refractivity contribution in [1.29, 1.82) is 0 Å². The molecule has 79 heavy (non-hydrogen) atoms. The van der Waals surface area contributed by atoms with Crippen molar-refractivity contribution >= 4 is 59.1 Å². The summed E-state index contributed by atoms with van der Waals surface area (Å²) in [5.74, 6) is -10.2. The summed E-state index contributed by atoms with van der Waals surface area (Å²) in [5.41, 5.74) is 1.58. The van der Waals surface area contributed by atoms with Crippen molar-refractivity contribution in [2.75, 3.05) is 34.3 Å². The number of amides is 7. The van der Waals surface area contributed by atoms with Crippen LogP contribution in [0.4, 0.5) is 0 Å². The van der Waals surface area contributed by atoms with Crippen molar-refractivity contribution in [2.45, 2.75) is 208 Å². The lowest BCUT2D eigenvalue weighted by Crippen LogP contribution is -2.62. The molecule has 3 saturated heterocycles. The van der Waals surface area contributed by atoms with Gasteiger partial charge in [-0.1, -0.05) is 91.6 Å². The number of hydrogen-bond acceptors (Lipinski definition) is 14. The van der Waals surface area contributed by atoms with E-state index in [-0.39, 0.29) is 50.0 Å². The molecule has 0 saturated carbocycles. The number of likely N-dealkylation sites (N-methyl/N-ethyl adjacent to an activating group) is 2. The first-order chi connectivity index (χ1) is 37.0. The van der Waals surface area contributed by atoms with Gasteiger partial charge in [0.1, 0.15) is 48.5 Å². The van der Waals surface area contributed by atoms with E-state index in [9.17, 15) is 48.3 Å². The summed E-state index contributed by atoms with van der Waals surface area (Å²) < 4.78 is 17.2. The molecule has 21 nitrogen and oxygen atoms in total. The minimum atomic E-state index is -1.73. The molecular weight excluding hydrogens is 1020 g/mol. The number of aryl methyl sites for hydroxylation is 1. The van der Waals surface area contributed by atoms with Crippen LogP contribution in [-0.4, -0.2) is 185 Å². The van der Waals surface area contributed by atoms with Crippen LogP contribution >= 0.6 is 0 Å². The number of fused-ring (bicyclic) bond motifs is 1. The third kappa shape index (κ3) is 17.0. The van der Waals surface area contributed by atoms with Crippen LogP contribution in [0, 0.1) is 36.5 Å². The second-order valence-electron chi connectivity index (χ2n) is 23.3. The number of esters is 2. The van der Waals surface area contributed by atoms with Crippen LogP contribution in [0.5, 0.6) is 0 Å². The highest BCUT2D eigenvalue weighted by Crippen LogP contribution is 2.27. The van der Waals surface area contributed by atoms with Crippen LogP contribution in [0.25, 0.3) is 0 Å². The van der Waals surface area contributed by atoms with Crippen LogP contribution in [0.1, 0.15) is 139 Å². The van der Waals surface area contributed by atoms with Gasteiger partial charge in [-0.05, 0) is 95.5 Å². The van der Waals surface area contributed by atoms with Gasteiger partial charge >= 0.3 is 11.9 Å². The topological polar surface area (TPSA) is 268 Å². The van der Waals surface area contributed by atoms with E-state index in [0.717, 1.165) is 5.56 Å². The van der Waals surface area contributed by atoms with Crippen LogP contribution in [0.15, 0.2) is 24.3 Å². The van der Waals surface area contributed by atoms with E-state index in [1.165, 1.54) is 54.7 Å². The zero-order chi connectivity index (χ0) is 59.3. The van der Waals surface area contributed by atoms with Gasteiger partial charge in [0.2, 0.25) is 35.4 Å². The fourth-order valence-electron chi connectivity index (χ4n) is 10.6. The lowest BCUT2D eigenvalue weighted by molar-refractivity contribution is -0.163. The first-order valence-electron chi connectivity index (χ1n) is 28.3. The summed E-state index contributed by atoms with van der Waals surface area (Å²) >= 11 is 0. The number of ketones is 1. The molecule has 1 aromatic rings. The Labute approximate surface area is 467 Å². The van der Waals surface area contributed by atoms with Crippen molar-refractivity contribution in [3.8, 4) is 0 Å². The number of hydrogen-bond donors (Lipinski definition) is 4. The molecule has 0 aliphatic carbocycles. The average molecular weight is 1110 g/mol. The van der Waals surface area contributed by atoms with E-state index in [1.54, 1.807) is 46.8 Å². The summed E-state index contributed by atoms with van der Waals surface area (Å²) in [5, 5.41) is 20.2. The van der Waals surface area contributed by atoms with E-state index >= 15 is 4.79 Å². The number of aliphatic hydroxyl groups excluding tert-OH is 1. The summed E-state index contributed by atoms with van der Waals surface area (Å²) in [7, 11) is 4.27. The highest BCUT2D eigenvalue weighted by molar-refractivity contribution is 6.05. The molecular formula is C58H91N7O14.